The maximum atomic E-state index is 13.2. The average molecular weight is 357 g/mol. The van der Waals surface area contributed by atoms with Crippen molar-refractivity contribution < 1.29 is 13.6 Å². The molecule has 1 amide bonds. The summed E-state index contributed by atoms with van der Waals surface area (Å²) in [5, 5.41) is 12.6. The predicted octanol–water partition coefficient (Wildman–Crippen LogP) is 3.10. The first-order valence-electron chi connectivity index (χ1n) is 7.62. The van der Waals surface area contributed by atoms with Gasteiger partial charge in [-0.3, -0.25) is 9.89 Å². The van der Waals surface area contributed by atoms with Crippen molar-refractivity contribution in [2.24, 2.45) is 5.92 Å². The third kappa shape index (κ3) is 4.75. The zero-order valence-electron chi connectivity index (χ0n) is 12.9. The summed E-state index contributed by atoms with van der Waals surface area (Å²) >= 11 is 0. The maximum Gasteiger partial charge on any atom is 0.225 e. The second-order valence-electron chi connectivity index (χ2n) is 5.77. The van der Waals surface area contributed by atoms with Crippen molar-refractivity contribution in [2.45, 2.75) is 19.3 Å². The van der Waals surface area contributed by atoms with Crippen molar-refractivity contribution in [3.8, 4) is 11.3 Å². The second-order valence-corrected chi connectivity index (χ2v) is 5.77. The monoisotopic (exact) mass is 356 g/mol. The van der Waals surface area contributed by atoms with Crippen LogP contribution in [0.5, 0.6) is 0 Å². The highest BCUT2D eigenvalue weighted by atomic mass is 35.5. The van der Waals surface area contributed by atoms with Crippen LogP contribution >= 0.6 is 12.4 Å². The molecule has 0 saturated carbocycles. The van der Waals surface area contributed by atoms with E-state index in [1.165, 1.54) is 12.1 Å². The number of H-pyrrole nitrogens is 1. The lowest BCUT2D eigenvalue weighted by Gasteiger charge is -2.07. The van der Waals surface area contributed by atoms with Gasteiger partial charge in [0.1, 0.15) is 11.6 Å². The summed E-state index contributed by atoms with van der Waals surface area (Å²) in [5.41, 5.74) is 0.784. The third-order valence-corrected chi connectivity index (χ3v) is 3.96. The molecule has 1 unspecified atom stereocenters. The van der Waals surface area contributed by atoms with Gasteiger partial charge in [-0.15, -0.1) is 12.4 Å². The highest BCUT2D eigenvalue weighted by Gasteiger charge is 2.16. The van der Waals surface area contributed by atoms with Gasteiger partial charge in [-0.1, -0.05) is 0 Å². The van der Waals surface area contributed by atoms with E-state index in [9.17, 15) is 13.6 Å². The second kappa shape index (κ2) is 8.21. The van der Waals surface area contributed by atoms with Crippen molar-refractivity contribution in [2.75, 3.05) is 18.4 Å². The van der Waals surface area contributed by atoms with Gasteiger partial charge < -0.3 is 10.6 Å². The average Bonchev–Trinajstić information content (AvgIpc) is 3.15. The first kappa shape index (κ1) is 18.4. The Labute approximate surface area is 144 Å². The molecule has 1 aliphatic heterocycles. The van der Waals surface area contributed by atoms with E-state index in [-0.39, 0.29) is 18.3 Å². The Kier molecular flexibility index (Phi) is 6.28. The van der Waals surface area contributed by atoms with E-state index in [1.54, 1.807) is 6.07 Å². The molecule has 0 bridgehead atoms. The van der Waals surface area contributed by atoms with Crippen LogP contribution in [0.1, 0.15) is 19.3 Å². The van der Waals surface area contributed by atoms with E-state index in [4.69, 9.17) is 0 Å². The Balaban J connectivity index is 0.00000208. The fourth-order valence-corrected chi connectivity index (χ4v) is 2.74. The highest BCUT2D eigenvalue weighted by molar-refractivity contribution is 5.90. The summed E-state index contributed by atoms with van der Waals surface area (Å²) in [4.78, 5) is 11.9. The first-order valence-corrected chi connectivity index (χ1v) is 7.62. The SMILES string of the molecule is Cl.O=C(CCC1CCNC1)Nc1cc(-c2cc(F)cc(F)c2)[nH]n1. The number of aromatic amines is 1. The predicted molar refractivity (Wildman–Crippen MR) is 90.0 cm³/mol. The summed E-state index contributed by atoms with van der Waals surface area (Å²) < 4.78 is 26.5. The Morgan fingerprint density at radius 1 is 1.25 bits per heavy atom. The number of carbonyl (C=O) groups excluding carboxylic acids is 1. The molecule has 2 heterocycles. The summed E-state index contributed by atoms with van der Waals surface area (Å²) in [7, 11) is 0. The van der Waals surface area contributed by atoms with Gasteiger partial charge in [-0.2, -0.15) is 5.10 Å². The minimum absolute atomic E-state index is 0. The van der Waals surface area contributed by atoms with Gasteiger partial charge in [0.05, 0.1) is 5.69 Å². The fraction of sp³-hybridized carbons (Fsp3) is 0.375. The van der Waals surface area contributed by atoms with Gasteiger partial charge in [-0.25, -0.2) is 8.78 Å². The Morgan fingerprint density at radius 2 is 2.00 bits per heavy atom. The zero-order chi connectivity index (χ0) is 16.2. The molecule has 8 heteroatoms. The molecule has 1 saturated heterocycles. The molecule has 1 aromatic carbocycles. The van der Waals surface area contributed by atoms with Gasteiger partial charge in [0.25, 0.3) is 0 Å². The largest absolute Gasteiger partial charge is 0.316 e. The normalized spacial score (nSPS) is 16.7. The molecule has 0 aliphatic carbocycles. The minimum atomic E-state index is -0.662. The molecule has 1 aromatic heterocycles. The van der Waals surface area contributed by atoms with Gasteiger partial charge in [0.2, 0.25) is 5.91 Å². The lowest BCUT2D eigenvalue weighted by atomic mass is 10.0. The lowest BCUT2D eigenvalue weighted by Crippen LogP contribution is -2.15. The van der Waals surface area contributed by atoms with E-state index in [2.05, 4.69) is 20.8 Å². The minimum Gasteiger partial charge on any atom is -0.316 e. The van der Waals surface area contributed by atoms with E-state index in [0.717, 1.165) is 32.0 Å². The number of hydrogen-bond acceptors (Lipinski definition) is 3. The van der Waals surface area contributed by atoms with Crippen LogP contribution in [0.3, 0.4) is 0 Å². The van der Waals surface area contributed by atoms with E-state index < -0.39 is 11.6 Å². The van der Waals surface area contributed by atoms with E-state index in [0.29, 0.717) is 29.4 Å². The number of carbonyl (C=O) groups is 1. The van der Waals surface area contributed by atoms with Gasteiger partial charge in [0.15, 0.2) is 5.82 Å². The molecule has 1 aliphatic rings. The van der Waals surface area contributed by atoms with Crippen LogP contribution in [0.4, 0.5) is 14.6 Å². The maximum absolute atomic E-state index is 13.2. The van der Waals surface area contributed by atoms with Crippen molar-refractivity contribution in [3.63, 3.8) is 0 Å². The molecular formula is C16H19ClF2N4O. The molecule has 2 aromatic rings. The zero-order valence-corrected chi connectivity index (χ0v) is 13.8. The Morgan fingerprint density at radius 3 is 2.67 bits per heavy atom. The number of halogens is 3. The van der Waals surface area contributed by atoms with Crippen LogP contribution in [-0.4, -0.2) is 29.2 Å². The first-order chi connectivity index (χ1) is 11.1. The van der Waals surface area contributed by atoms with Crippen LogP contribution in [0.15, 0.2) is 24.3 Å². The molecule has 3 rings (SSSR count). The van der Waals surface area contributed by atoms with Crippen molar-refractivity contribution in [3.05, 3.63) is 35.9 Å². The van der Waals surface area contributed by atoms with Gasteiger partial charge in [-0.05, 0) is 44.0 Å². The van der Waals surface area contributed by atoms with Gasteiger partial charge >= 0.3 is 0 Å². The molecule has 24 heavy (non-hydrogen) atoms. The lowest BCUT2D eigenvalue weighted by molar-refractivity contribution is -0.116. The van der Waals surface area contributed by atoms with E-state index in [1.807, 2.05) is 0 Å². The molecule has 1 fully saturated rings. The number of hydrogen-bond donors (Lipinski definition) is 3. The van der Waals surface area contributed by atoms with Crippen LogP contribution in [0.25, 0.3) is 11.3 Å². The number of amides is 1. The molecule has 130 valence electrons. The smallest absolute Gasteiger partial charge is 0.225 e. The molecule has 0 radical (unpaired) electrons. The van der Waals surface area contributed by atoms with Crippen molar-refractivity contribution >= 4 is 24.1 Å². The standard InChI is InChI=1S/C16H18F2N4O.ClH/c17-12-5-11(6-13(18)7-12)14-8-15(22-21-14)20-16(23)2-1-10-3-4-19-9-10;/h5-8,10,19H,1-4,9H2,(H2,20,21,22,23);1H. The molecule has 5 nitrogen and oxygen atoms in total. The summed E-state index contributed by atoms with van der Waals surface area (Å²) in [6, 6.07) is 4.77. The number of anilines is 1. The molecular weight excluding hydrogens is 338 g/mol. The van der Waals surface area contributed by atoms with Gasteiger partial charge in [0, 0.05) is 24.1 Å². The summed E-state index contributed by atoms with van der Waals surface area (Å²) in [6.07, 6.45) is 2.37. The molecule has 0 spiro atoms. The van der Waals surface area contributed by atoms with Crippen LogP contribution < -0.4 is 10.6 Å². The summed E-state index contributed by atoms with van der Waals surface area (Å²) in [6.45, 7) is 1.98. The molecule has 3 N–H and O–H groups in total. The quantitative estimate of drug-likeness (QED) is 0.771. The van der Waals surface area contributed by atoms with Crippen molar-refractivity contribution in [1.82, 2.24) is 15.5 Å². The van der Waals surface area contributed by atoms with Crippen molar-refractivity contribution in [1.29, 1.82) is 0 Å². The third-order valence-electron chi connectivity index (χ3n) is 3.96. The van der Waals surface area contributed by atoms with Crippen LogP contribution in [0, 0.1) is 17.6 Å². The molecule has 1 atom stereocenters. The Hall–Kier alpha value is -1.99. The van der Waals surface area contributed by atoms with E-state index >= 15 is 0 Å². The van der Waals surface area contributed by atoms with Crippen LogP contribution in [-0.2, 0) is 4.79 Å². The highest BCUT2D eigenvalue weighted by Crippen LogP contribution is 2.22. The topological polar surface area (TPSA) is 69.8 Å². The fourth-order valence-electron chi connectivity index (χ4n) is 2.74. The number of aromatic nitrogens is 2. The number of nitrogens with zero attached hydrogens (tertiary/aromatic N) is 1. The number of rotatable bonds is 5. The van der Waals surface area contributed by atoms with Crippen LogP contribution in [0.2, 0.25) is 0 Å². The number of nitrogens with one attached hydrogen (secondary N) is 3. The number of benzene rings is 1. The Bertz CT molecular complexity index is 681. The summed E-state index contributed by atoms with van der Waals surface area (Å²) in [5.74, 6) is -0.541.